The molecule has 0 aromatic rings. The number of nitrogens with zero attached hydrogens (tertiary/aromatic N) is 1. The molecule has 27 heavy (non-hydrogen) atoms. The Morgan fingerprint density at radius 1 is 1.00 bits per heavy atom. The zero-order valence-electron chi connectivity index (χ0n) is 16.0. The summed E-state index contributed by atoms with van der Waals surface area (Å²) in [5.41, 5.74) is 5.18. The van der Waals surface area contributed by atoms with E-state index in [9.17, 15) is 19.2 Å². The molecule has 0 unspecified atom stereocenters. The number of amides is 4. The number of ether oxygens (including phenoxy) is 1. The predicted molar refractivity (Wildman–Crippen MR) is 111 cm³/mol. The lowest BCUT2D eigenvalue weighted by Crippen LogP contribution is -2.37. The molecule has 0 fully saturated rings. The van der Waals surface area contributed by atoms with Gasteiger partial charge in [-0.2, -0.15) is 25.3 Å². The second kappa shape index (κ2) is 19.2. The van der Waals surface area contributed by atoms with Crippen molar-refractivity contribution in [2.75, 3.05) is 45.4 Å². The summed E-state index contributed by atoms with van der Waals surface area (Å²) in [4.78, 5) is 46.4. The first-order chi connectivity index (χ1) is 13.0. The Morgan fingerprint density at radius 3 is 2.15 bits per heavy atom. The van der Waals surface area contributed by atoms with Crippen molar-refractivity contribution in [2.45, 2.75) is 19.8 Å². The lowest BCUT2D eigenvalue weighted by molar-refractivity contribution is -0.137. The summed E-state index contributed by atoms with van der Waals surface area (Å²) in [6, 6.07) is 0. The smallest absolute Gasteiger partial charge is 0.253 e. The number of hydrazine groups is 1. The summed E-state index contributed by atoms with van der Waals surface area (Å²) in [6.45, 7) is 3.41. The standard InChI is InChI=1S/C14H22N4O5.2CH4S/c1-2-16-17-12(20)6-9-23-10-7-15-11(19)5-8-18-13(21)3-4-14(18)22;2*1-2/h3-4,16H,2,5-10H2,1H3,(H,15,19)(H,17,20);2*2H,1H3. The van der Waals surface area contributed by atoms with E-state index in [1.165, 1.54) is 12.2 Å². The molecule has 0 saturated heterocycles. The fourth-order valence-corrected chi connectivity index (χ4v) is 1.73. The molecule has 0 spiro atoms. The van der Waals surface area contributed by atoms with Gasteiger partial charge in [-0.25, -0.2) is 5.43 Å². The van der Waals surface area contributed by atoms with Crippen LogP contribution in [0.4, 0.5) is 0 Å². The highest BCUT2D eigenvalue weighted by Gasteiger charge is 2.23. The minimum absolute atomic E-state index is 0.0459. The van der Waals surface area contributed by atoms with Crippen molar-refractivity contribution in [3.8, 4) is 0 Å². The van der Waals surface area contributed by atoms with Gasteiger partial charge in [0.2, 0.25) is 11.8 Å². The topological polar surface area (TPSA) is 117 Å². The number of carbonyl (C=O) groups excluding carboxylic acids is 4. The van der Waals surface area contributed by atoms with Gasteiger partial charge in [0.15, 0.2) is 0 Å². The molecule has 1 aliphatic rings. The number of hydrogen-bond acceptors (Lipinski definition) is 8. The summed E-state index contributed by atoms with van der Waals surface area (Å²) in [5.74, 6) is -1.24. The molecule has 1 aliphatic heterocycles. The second-order valence-corrected chi connectivity index (χ2v) is 4.70. The van der Waals surface area contributed by atoms with Crippen LogP contribution in [0.1, 0.15) is 19.8 Å². The normalized spacial score (nSPS) is 12.0. The monoisotopic (exact) mass is 422 g/mol. The molecule has 1 heterocycles. The number of imide groups is 1. The quantitative estimate of drug-likeness (QED) is 0.133. The Balaban J connectivity index is 0. The summed E-state index contributed by atoms with van der Waals surface area (Å²) in [5, 5.41) is 2.61. The van der Waals surface area contributed by atoms with Crippen LogP contribution in [-0.4, -0.2) is 73.9 Å². The van der Waals surface area contributed by atoms with Crippen molar-refractivity contribution in [3.63, 3.8) is 0 Å². The third kappa shape index (κ3) is 14.2. The molecule has 0 radical (unpaired) electrons. The molecule has 1 rings (SSSR count). The van der Waals surface area contributed by atoms with E-state index < -0.39 is 11.8 Å². The van der Waals surface area contributed by atoms with Gasteiger partial charge in [0.05, 0.1) is 19.6 Å². The molecule has 156 valence electrons. The molecule has 4 amide bonds. The maximum atomic E-state index is 11.6. The number of carbonyl (C=O) groups is 4. The lowest BCUT2D eigenvalue weighted by Gasteiger charge is -2.13. The van der Waals surface area contributed by atoms with Crippen molar-refractivity contribution in [3.05, 3.63) is 12.2 Å². The second-order valence-electron chi connectivity index (χ2n) is 4.70. The molecule has 0 aromatic carbocycles. The Kier molecular flexibility index (Phi) is 19.7. The highest BCUT2D eigenvalue weighted by atomic mass is 32.1. The average Bonchev–Trinajstić information content (AvgIpc) is 3.02. The summed E-state index contributed by atoms with van der Waals surface area (Å²) in [7, 11) is 0. The Labute approximate surface area is 171 Å². The molecule has 0 atom stereocenters. The van der Waals surface area contributed by atoms with E-state index in [4.69, 9.17) is 4.74 Å². The van der Waals surface area contributed by atoms with Gasteiger partial charge < -0.3 is 10.1 Å². The fourth-order valence-electron chi connectivity index (χ4n) is 1.73. The van der Waals surface area contributed by atoms with E-state index in [2.05, 4.69) is 41.4 Å². The third-order valence-electron chi connectivity index (χ3n) is 2.91. The van der Waals surface area contributed by atoms with Crippen molar-refractivity contribution in [1.82, 2.24) is 21.1 Å². The predicted octanol–water partition coefficient (Wildman–Crippen LogP) is -0.443. The van der Waals surface area contributed by atoms with Crippen LogP contribution in [0.3, 0.4) is 0 Å². The first-order valence-corrected chi connectivity index (χ1v) is 10.1. The van der Waals surface area contributed by atoms with Crippen LogP contribution >= 0.6 is 25.3 Å². The Hall–Kier alpha value is -1.56. The first kappa shape index (κ1) is 27.7. The van der Waals surface area contributed by atoms with Crippen LogP contribution in [-0.2, 0) is 23.9 Å². The molecule has 0 saturated carbocycles. The fraction of sp³-hybridized carbons (Fsp3) is 0.625. The average molecular weight is 423 g/mol. The largest absolute Gasteiger partial charge is 0.379 e. The minimum Gasteiger partial charge on any atom is -0.379 e. The van der Waals surface area contributed by atoms with Gasteiger partial charge >= 0.3 is 0 Å². The number of rotatable bonds is 11. The Bertz CT molecular complexity index is 471. The van der Waals surface area contributed by atoms with Gasteiger partial charge in [-0.1, -0.05) is 6.92 Å². The van der Waals surface area contributed by atoms with Crippen molar-refractivity contribution in [1.29, 1.82) is 0 Å². The van der Waals surface area contributed by atoms with Gasteiger partial charge in [0.1, 0.15) is 0 Å². The number of nitrogens with one attached hydrogen (secondary N) is 3. The lowest BCUT2D eigenvalue weighted by atomic mass is 10.3. The van der Waals surface area contributed by atoms with Gasteiger partial charge in [-0.15, -0.1) is 0 Å². The Morgan fingerprint density at radius 2 is 1.59 bits per heavy atom. The van der Waals surface area contributed by atoms with Crippen molar-refractivity contribution in [2.24, 2.45) is 0 Å². The molecule has 0 aromatic heterocycles. The van der Waals surface area contributed by atoms with Crippen LogP contribution in [0.15, 0.2) is 12.2 Å². The molecule has 0 aliphatic carbocycles. The van der Waals surface area contributed by atoms with E-state index in [1.54, 1.807) is 12.5 Å². The zero-order chi connectivity index (χ0) is 21.1. The molecular weight excluding hydrogens is 392 g/mol. The maximum absolute atomic E-state index is 11.6. The first-order valence-electron chi connectivity index (χ1n) is 8.33. The molecule has 9 nitrogen and oxygen atoms in total. The van der Waals surface area contributed by atoms with Gasteiger partial charge in [-0.05, 0) is 12.5 Å². The molecule has 0 bridgehead atoms. The van der Waals surface area contributed by atoms with Crippen LogP contribution in [0.25, 0.3) is 0 Å². The molecule has 3 N–H and O–H groups in total. The highest BCUT2D eigenvalue weighted by molar-refractivity contribution is 7.79. The van der Waals surface area contributed by atoms with Crippen molar-refractivity contribution >= 4 is 48.9 Å². The number of thiol groups is 2. The van der Waals surface area contributed by atoms with Gasteiger partial charge in [-0.3, -0.25) is 29.5 Å². The van der Waals surface area contributed by atoms with E-state index >= 15 is 0 Å². The van der Waals surface area contributed by atoms with Gasteiger partial charge in [0.25, 0.3) is 11.8 Å². The highest BCUT2D eigenvalue weighted by Crippen LogP contribution is 2.03. The van der Waals surface area contributed by atoms with Crippen LogP contribution in [0, 0.1) is 0 Å². The summed E-state index contributed by atoms with van der Waals surface area (Å²) >= 11 is 7.06. The number of hydrogen-bond donors (Lipinski definition) is 5. The SMILES string of the molecule is CCNNC(=O)CCOCCNC(=O)CCN1C(=O)C=CC1=O.CS.CS. The van der Waals surface area contributed by atoms with E-state index in [0.29, 0.717) is 13.1 Å². The van der Waals surface area contributed by atoms with Crippen molar-refractivity contribution < 1.29 is 23.9 Å². The van der Waals surface area contributed by atoms with E-state index in [1.807, 2.05) is 6.92 Å². The maximum Gasteiger partial charge on any atom is 0.253 e. The van der Waals surface area contributed by atoms with Crippen LogP contribution < -0.4 is 16.2 Å². The van der Waals surface area contributed by atoms with Crippen LogP contribution in [0.5, 0.6) is 0 Å². The van der Waals surface area contributed by atoms with E-state index in [0.717, 1.165) is 4.90 Å². The van der Waals surface area contributed by atoms with Crippen LogP contribution in [0.2, 0.25) is 0 Å². The molecule has 11 heteroatoms. The molecular formula is C16H30N4O5S2. The van der Waals surface area contributed by atoms with Gasteiger partial charge in [0, 0.05) is 38.2 Å². The summed E-state index contributed by atoms with van der Waals surface area (Å²) < 4.78 is 5.21. The summed E-state index contributed by atoms with van der Waals surface area (Å²) in [6.07, 6.45) is 6.03. The minimum atomic E-state index is -0.401. The zero-order valence-corrected chi connectivity index (χ0v) is 17.8. The van der Waals surface area contributed by atoms with E-state index in [-0.39, 0.29) is 44.4 Å². The third-order valence-corrected chi connectivity index (χ3v) is 2.91.